The van der Waals surface area contributed by atoms with Crippen LogP contribution in [0.3, 0.4) is 0 Å². The maximum absolute atomic E-state index is 13.4. The summed E-state index contributed by atoms with van der Waals surface area (Å²) in [5, 5.41) is 9.36. The molecule has 0 bridgehead atoms. The van der Waals surface area contributed by atoms with Crippen LogP contribution in [0.15, 0.2) is 30.3 Å². The van der Waals surface area contributed by atoms with Crippen LogP contribution in [-0.2, 0) is 26.0 Å². The van der Waals surface area contributed by atoms with E-state index in [1.165, 1.54) is 0 Å². The molecule has 0 radical (unpaired) electrons. The Morgan fingerprint density at radius 1 is 1.00 bits per heavy atom. The van der Waals surface area contributed by atoms with Gasteiger partial charge in [0.05, 0.1) is 17.6 Å². The summed E-state index contributed by atoms with van der Waals surface area (Å²) < 4.78 is 26.6. The number of hydrazine groups is 1. The van der Waals surface area contributed by atoms with Gasteiger partial charge in [-0.25, -0.2) is 13.9 Å². The van der Waals surface area contributed by atoms with E-state index in [0.717, 1.165) is 16.4 Å². The van der Waals surface area contributed by atoms with Crippen molar-refractivity contribution in [1.29, 1.82) is 0 Å². The van der Waals surface area contributed by atoms with Crippen molar-refractivity contribution >= 4 is 21.8 Å². The lowest BCUT2D eigenvalue weighted by Gasteiger charge is -2.30. The van der Waals surface area contributed by atoms with Crippen LogP contribution in [0.5, 0.6) is 0 Å². The van der Waals surface area contributed by atoms with E-state index in [4.69, 9.17) is 5.73 Å². The Morgan fingerprint density at radius 3 is 2.18 bits per heavy atom. The number of carbonyl (C=O) groups is 2. The van der Waals surface area contributed by atoms with E-state index in [9.17, 15) is 23.2 Å². The lowest BCUT2D eigenvalue weighted by molar-refractivity contribution is -0.142. The molecule has 0 aliphatic heterocycles. The Kier molecular flexibility index (Phi) is 13.3. The van der Waals surface area contributed by atoms with Crippen LogP contribution in [0.4, 0.5) is 0 Å². The molecule has 34 heavy (non-hydrogen) atoms. The Hall–Kier alpha value is -2.01. The van der Waals surface area contributed by atoms with Crippen molar-refractivity contribution in [3.8, 4) is 0 Å². The third-order valence-corrected chi connectivity index (χ3v) is 7.24. The number of hydrogen-bond donors (Lipinski definition) is 4. The van der Waals surface area contributed by atoms with Gasteiger partial charge in [-0.2, -0.15) is 0 Å². The van der Waals surface area contributed by atoms with Gasteiger partial charge in [-0.1, -0.05) is 58.0 Å². The van der Waals surface area contributed by atoms with Crippen LogP contribution in [-0.4, -0.2) is 48.7 Å². The maximum Gasteiger partial charge on any atom is 0.247 e. The Labute approximate surface area is 204 Å². The van der Waals surface area contributed by atoms with E-state index in [0.29, 0.717) is 19.3 Å². The molecule has 0 saturated heterocycles. The zero-order valence-corrected chi connectivity index (χ0v) is 21.7. The van der Waals surface area contributed by atoms with Crippen molar-refractivity contribution in [2.45, 2.75) is 59.8 Å². The van der Waals surface area contributed by atoms with Gasteiger partial charge in [0.25, 0.3) is 0 Å². The van der Waals surface area contributed by atoms with Gasteiger partial charge in [0.15, 0.2) is 0 Å². The number of carbonyl (C=O) groups excluding carboxylic acids is 2. The van der Waals surface area contributed by atoms with Crippen molar-refractivity contribution in [2.75, 3.05) is 18.8 Å². The molecule has 9 nitrogen and oxygen atoms in total. The Morgan fingerprint density at radius 2 is 1.65 bits per heavy atom. The van der Waals surface area contributed by atoms with Gasteiger partial charge in [0.1, 0.15) is 0 Å². The molecule has 5 N–H and O–H groups in total. The second kappa shape index (κ2) is 15.1. The fraction of sp³-hybridized carbons (Fsp3) is 0.667. The van der Waals surface area contributed by atoms with Gasteiger partial charge < -0.3 is 5.73 Å². The molecule has 0 spiro atoms. The van der Waals surface area contributed by atoms with Crippen molar-refractivity contribution < 1.29 is 23.2 Å². The van der Waals surface area contributed by atoms with Crippen LogP contribution >= 0.6 is 0 Å². The summed E-state index contributed by atoms with van der Waals surface area (Å²) in [6, 6.07) is 9.80. The van der Waals surface area contributed by atoms with E-state index >= 15 is 0 Å². The molecule has 0 aromatic heterocycles. The Balaban J connectivity index is 3.10. The molecule has 1 rings (SSSR count). The van der Waals surface area contributed by atoms with Gasteiger partial charge in [-0.05, 0) is 56.0 Å². The third kappa shape index (κ3) is 10.5. The van der Waals surface area contributed by atoms with Gasteiger partial charge in [-0.3, -0.25) is 20.2 Å². The molecule has 0 aliphatic carbocycles. The Bertz CT molecular complexity index is 846. The normalized spacial score (nSPS) is 13.8. The molecule has 0 fully saturated rings. The number of sulfonamides is 1. The predicted octanol–water partition coefficient (Wildman–Crippen LogP) is 2.46. The summed E-state index contributed by atoms with van der Waals surface area (Å²) in [4.78, 5) is 26.0. The molecule has 1 aromatic rings. The molecule has 194 valence electrons. The second-order valence-corrected chi connectivity index (χ2v) is 11.6. The molecule has 2 atom stereocenters. The largest absolute Gasteiger partial charge is 0.330 e. The first-order valence-electron chi connectivity index (χ1n) is 12.0. The summed E-state index contributed by atoms with van der Waals surface area (Å²) in [5.41, 5.74) is 10.9. The summed E-state index contributed by atoms with van der Waals surface area (Å²) in [6.45, 7) is 7.91. The van der Waals surface area contributed by atoms with E-state index in [1.807, 2.05) is 58.0 Å². The molecular formula is C24H42N4O5S. The van der Waals surface area contributed by atoms with Gasteiger partial charge in [0, 0.05) is 6.54 Å². The molecule has 10 heteroatoms. The minimum Gasteiger partial charge on any atom is -0.330 e. The third-order valence-electron chi connectivity index (χ3n) is 5.53. The van der Waals surface area contributed by atoms with E-state index in [2.05, 4.69) is 5.43 Å². The topological polar surface area (TPSA) is 142 Å². The monoisotopic (exact) mass is 498 g/mol. The van der Waals surface area contributed by atoms with Crippen LogP contribution in [0.25, 0.3) is 0 Å². The first-order chi connectivity index (χ1) is 16.0. The molecule has 1 aromatic carbocycles. The predicted molar refractivity (Wildman–Crippen MR) is 133 cm³/mol. The van der Waals surface area contributed by atoms with E-state index < -0.39 is 33.7 Å². The number of hydroxylamine groups is 1. The van der Waals surface area contributed by atoms with Crippen molar-refractivity contribution in [3.05, 3.63) is 35.9 Å². The number of nitrogens with one attached hydrogen (secondary N) is 2. The van der Waals surface area contributed by atoms with Gasteiger partial charge >= 0.3 is 0 Å². The molecule has 2 amide bonds. The molecule has 0 unspecified atom stereocenters. The second-order valence-electron chi connectivity index (χ2n) is 9.56. The number of aryl methyl sites for hydroxylation is 1. The molecule has 0 heterocycles. The number of rotatable bonds is 16. The highest BCUT2D eigenvalue weighted by Crippen LogP contribution is 2.27. The van der Waals surface area contributed by atoms with Crippen LogP contribution in [0, 0.1) is 23.7 Å². The maximum atomic E-state index is 13.4. The van der Waals surface area contributed by atoms with Crippen molar-refractivity contribution in [2.24, 2.45) is 29.4 Å². The average molecular weight is 499 g/mol. The molecular weight excluding hydrogens is 456 g/mol. The first-order valence-corrected chi connectivity index (χ1v) is 13.6. The summed E-state index contributed by atoms with van der Waals surface area (Å²) in [7, 11) is -3.77. The molecule has 0 saturated carbocycles. The number of hydrogen-bond acceptors (Lipinski definition) is 6. The lowest BCUT2D eigenvalue weighted by atomic mass is 9.81. The zero-order chi connectivity index (χ0) is 25.7. The number of nitrogens with two attached hydrogens (primary N) is 1. The highest BCUT2D eigenvalue weighted by molar-refractivity contribution is 7.89. The lowest BCUT2D eigenvalue weighted by Crippen LogP contribution is -2.52. The highest BCUT2D eigenvalue weighted by Gasteiger charge is 2.36. The smallest absolute Gasteiger partial charge is 0.247 e. The quantitative estimate of drug-likeness (QED) is 0.204. The van der Waals surface area contributed by atoms with Crippen LogP contribution in [0.1, 0.15) is 58.9 Å². The number of amides is 2. The standard InChI is InChI=1S/C24H42N4O5S/c1-18(2)16-22(21(24(30)27-31)13-8-12-20-10-6-5-7-11-20)23(29)26-28(17-19(3)4)34(32,33)15-9-14-25/h5-7,10-11,18-19,21-22,31H,8-9,12-17,25H2,1-4H3,(H,26,29)(H,27,30)/t21-,22+/m0/s1. The van der Waals surface area contributed by atoms with Crippen molar-refractivity contribution in [3.63, 3.8) is 0 Å². The average Bonchev–Trinajstić information content (AvgIpc) is 2.78. The van der Waals surface area contributed by atoms with Gasteiger partial charge in [-0.15, -0.1) is 4.41 Å². The zero-order valence-electron chi connectivity index (χ0n) is 20.9. The first kappa shape index (κ1) is 30.0. The fourth-order valence-corrected chi connectivity index (χ4v) is 5.38. The number of benzene rings is 1. The fourth-order valence-electron chi connectivity index (χ4n) is 3.87. The summed E-state index contributed by atoms with van der Waals surface area (Å²) in [5.74, 6) is -2.92. The summed E-state index contributed by atoms with van der Waals surface area (Å²) in [6.07, 6.45) is 2.37. The SMILES string of the molecule is CC(C)C[C@@H](C(=O)NN(CC(C)C)S(=O)(=O)CCCN)[C@H](CCCc1ccccc1)C(=O)NO. The molecule has 0 aliphatic rings. The number of nitrogens with zero attached hydrogens (tertiary/aromatic N) is 1. The van der Waals surface area contributed by atoms with E-state index in [-0.39, 0.29) is 37.1 Å². The van der Waals surface area contributed by atoms with Gasteiger partial charge in [0.2, 0.25) is 21.8 Å². The van der Waals surface area contributed by atoms with Crippen LogP contribution < -0.4 is 16.6 Å². The summed E-state index contributed by atoms with van der Waals surface area (Å²) >= 11 is 0. The minimum absolute atomic E-state index is 0.0288. The highest BCUT2D eigenvalue weighted by atomic mass is 32.2. The van der Waals surface area contributed by atoms with E-state index in [1.54, 1.807) is 5.48 Å². The van der Waals surface area contributed by atoms with Crippen molar-refractivity contribution in [1.82, 2.24) is 15.3 Å². The minimum atomic E-state index is -3.77. The van der Waals surface area contributed by atoms with Crippen LogP contribution in [0.2, 0.25) is 0 Å².